The highest BCUT2D eigenvalue weighted by Crippen LogP contribution is 2.26. The number of carbonyl (C=O) groups excluding carboxylic acids is 1. The van der Waals surface area contributed by atoms with Gasteiger partial charge in [0.15, 0.2) is 0 Å². The summed E-state index contributed by atoms with van der Waals surface area (Å²) in [5, 5.41) is 3.23. The second-order valence-corrected chi connectivity index (χ2v) is 8.77. The van der Waals surface area contributed by atoms with Crippen molar-refractivity contribution in [1.82, 2.24) is 14.8 Å². The van der Waals surface area contributed by atoms with Crippen LogP contribution in [0.5, 0.6) is 5.75 Å². The van der Waals surface area contributed by atoms with Crippen LogP contribution in [0.25, 0.3) is 11.3 Å². The van der Waals surface area contributed by atoms with E-state index in [0.717, 1.165) is 66.7 Å². The first-order valence-electron chi connectivity index (χ1n) is 10.8. The third kappa shape index (κ3) is 5.14. The molecule has 1 atom stereocenters. The van der Waals surface area contributed by atoms with Crippen LogP contribution in [0.1, 0.15) is 29.8 Å². The van der Waals surface area contributed by atoms with Crippen LogP contribution in [0.4, 0.5) is 0 Å². The molecule has 4 rings (SSSR count). The Kier molecular flexibility index (Phi) is 6.99. The molecule has 0 aliphatic carbocycles. The highest BCUT2D eigenvalue weighted by molar-refractivity contribution is 7.09. The Morgan fingerprint density at radius 3 is 2.42 bits per heavy atom. The molecule has 1 saturated heterocycles. The summed E-state index contributed by atoms with van der Waals surface area (Å²) in [7, 11) is 1.67. The van der Waals surface area contributed by atoms with Gasteiger partial charge in [0.05, 0.1) is 25.3 Å². The van der Waals surface area contributed by atoms with Crippen LogP contribution in [-0.4, -0.2) is 54.0 Å². The molecule has 2 heterocycles. The fourth-order valence-corrected chi connectivity index (χ4v) is 4.90. The van der Waals surface area contributed by atoms with Gasteiger partial charge in [0, 0.05) is 37.1 Å². The van der Waals surface area contributed by atoms with Crippen LogP contribution >= 0.6 is 11.3 Å². The molecule has 1 fully saturated rings. The molecule has 1 aliphatic heterocycles. The maximum Gasteiger partial charge on any atom is 0.230 e. The number of thiazole rings is 1. The monoisotopic (exact) mass is 435 g/mol. The smallest absolute Gasteiger partial charge is 0.230 e. The molecule has 2 aromatic carbocycles. The SMILES string of the molecule is CC[C@H](C(=O)N1CCN(Cc2nc(-c3ccc(OC)cc3)cs2)CC1)c1ccccc1. The summed E-state index contributed by atoms with van der Waals surface area (Å²) in [5.74, 6) is 1.06. The Balaban J connectivity index is 1.32. The molecule has 0 unspecified atom stereocenters. The summed E-state index contributed by atoms with van der Waals surface area (Å²) in [6.07, 6.45) is 0.830. The summed E-state index contributed by atoms with van der Waals surface area (Å²) in [5.41, 5.74) is 3.22. The second kappa shape index (κ2) is 10.1. The van der Waals surface area contributed by atoms with Gasteiger partial charge in [-0.1, -0.05) is 37.3 Å². The minimum Gasteiger partial charge on any atom is -0.497 e. The summed E-state index contributed by atoms with van der Waals surface area (Å²) in [6.45, 7) is 6.24. The zero-order valence-corrected chi connectivity index (χ0v) is 19.0. The molecule has 1 aliphatic rings. The number of amides is 1. The molecule has 0 saturated carbocycles. The first-order chi connectivity index (χ1) is 15.2. The van der Waals surface area contributed by atoms with Crippen LogP contribution < -0.4 is 4.74 Å². The van der Waals surface area contributed by atoms with E-state index in [-0.39, 0.29) is 11.8 Å². The zero-order chi connectivity index (χ0) is 21.6. The molecule has 3 aromatic rings. The lowest BCUT2D eigenvalue weighted by atomic mass is 9.95. The molecule has 0 bridgehead atoms. The number of piperazine rings is 1. The van der Waals surface area contributed by atoms with Crippen LogP contribution in [0, 0.1) is 0 Å². The Morgan fingerprint density at radius 1 is 1.06 bits per heavy atom. The van der Waals surface area contributed by atoms with Gasteiger partial charge in [-0.2, -0.15) is 0 Å². The minimum absolute atomic E-state index is 0.0428. The maximum atomic E-state index is 13.1. The van der Waals surface area contributed by atoms with Crippen molar-refractivity contribution in [1.29, 1.82) is 0 Å². The topological polar surface area (TPSA) is 45.7 Å². The number of hydrogen-bond acceptors (Lipinski definition) is 5. The highest BCUT2D eigenvalue weighted by Gasteiger charge is 2.27. The molecule has 6 heteroatoms. The first kappa shape index (κ1) is 21.5. The molecule has 31 heavy (non-hydrogen) atoms. The van der Waals surface area contributed by atoms with Gasteiger partial charge in [0.1, 0.15) is 10.8 Å². The van der Waals surface area contributed by atoms with E-state index < -0.39 is 0 Å². The maximum absolute atomic E-state index is 13.1. The van der Waals surface area contributed by atoms with Crippen LogP contribution in [0.2, 0.25) is 0 Å². The largest absolute Gasteiger partial charge is 0.497 e. The van der Waals surface area contributed by atoms with Crippen molar-refractivity contribution < 1.29 is 9.53 Å². The number of carbonyl (C=O) groups is 1. The minimum atomic E-state index is -0.0428. The lowest BCUT2D eigenvalue weighted by molar-refractivity contribution is -0.134. The molecule has 5 nitrogen and oxygen atoms in total. The Morgan fingerprint density at radius 2 is 1.77 bits per heavy atom. The van der Waals surface area contributed by atoms with E-state index in [1.807, 2.05) is 47.4 Å². The second-order valence-electron chi connectivity index (χ2n) is 7.83. The van der Waals surface area contributed by atoms with Crippen molar-refractivity contribution in [2.75, 3.05) is 33.3 Å². The Bertz CT molecular complexity index is 980. The van der Waals surface area contributed by atoms with Gasteiger partial charge < -0.3 is 9.64 Å². The first-order valence-corrected chi connectivity index (χ1v) is 11.7. The normalized spacial score (nSPS) is 15.6. The fraction of sp³-hybridized carbons (Fsp3) is 0.360. The van der Waals surface area contributed by atoms with Gasteiger partial charge in [-0.3, -0.25) is 9.69 Å². The average Bonchev–Trinajstić information content (AvgIpc) is 3.29. The van der Waals surface area contributed by atoms with E-state index in [4.69, 9.17) is 9.72 Å². The predicted octanol–water partition coefficient (Wildman–Crippen LogP) is 4.66. The lowest BCUT2D eigenvalue weighted by Crippen LogP contribution is -2.49. The van der Waals surface area contributed by atoms with Gasteiger partial charge >= 0.3 is 0 Å². The van der Waals surface area contributed by atoms with E-state index in [2.05, 4.69) is 29.3 Å². The van der Waals surface area contributed by atoms with E-state index in [1.165, 1.54) is 0 Å². The average molecular weight is 436 g/mol. The molecule has 162 valence electrons. The zero-order valence-electron chi connectivity index (χ0n) is 18.2. The van der Waals surface area contributed by atoms with E-state index in [9.17, 15) is 4.79 Å². The number of ether oxygens (including phenoxy) is 1. The number of methoxy groups -OCH3 is 1. The van der Waals surface area contributed by atoms with Gasteiger partial charge in [-0.25, -0.2) is 4.98 Å². The number of aromatic nitrogens is 1. The van der Waals surface area contributed by atoms with Crippen molar-refractivity contribution >= 4 is 17.2 Å². The molecule has 1 amide bonds. The number of hydrogen-bond donors (Lipinski definition) is 0. The van der Waals surface area contributed by atoms with Crippen LogP contribution in [-0.2, 0) is 11.3 Å². The van der Waals surface area contributed by atoms with Gasteiger partial charge in [0.2, 0.25) is 5.91 Å². The van der Waals surface area contributed by atoms with Crippen LogP contribution in [0.3, 0.4) is 0 Å². The van der Waals surface area contributed by atoms with Gasteiger partial charge in [0.25, 0.3) is 0 Å². The molecular weight excluding hydrogens is 406 g/mol. The molecule has 0 radical (unpaired) electrons. The van der Waals surface area contributed by atoms with E-state index in [0.29, 0.717) is 0 Å². The summed E-state index contributed by atoms with van der Waals surface area (Å²) < 4.78 is 5.23. The number of rotatable bonds is 7. The fourth-order valence-electron chi connectivity index (χ4n) is 4.05. The summed E-state index contributed by atoms with van der Waals surface area (Å²) in [4.78, 5) is 22.3. The quantitative estimate of drug-likeness (QED) is 0.542. The van der Waals surface area contributed by atoms with Crippen molar-refractivity contribution in [3.63, 3.8) is 0 Å². The number of nitrogens with zero attached hydrogens (tertiary/aromatic N) is 3. The van der Waals surface area contributed by atoms with Crippen molar-refractivity contribution in [2.45, 2.75) is 25.8 Å². The predicted molar refractivity (Wildman–Crippen MR) is 125 cm³/mol. The van der Waals surface area contributed by atoms with Crippen molar-refractivity contribution in [2.24, 2.45) is 0 Å². The Labute approximate surface area is 188 Å². The van der Waals surface area contributed by atoms with E-state index in [1.54, 1.807) is 18.4 Å². The van der Waals surface area contributed by atoms with Crippen molar-refractivity contribution in [3.8, 4) is 17.0 Å². The molecule has 0 N–H and O–H groups in total. The highest BCUT2D eigenvalue weighted by atomic mass is 32.1. The molecule has 0 spiro atoms. The van der Waals surface area contributed by atoms with Crippen LogP contribution in [0.15, 0.2) is 60.0 Å². The van der Waals surface area contributed by atoms with Gasteiger partial charge in [-0.05, 0) is 36.2 Å². The third-order valence-corrected chi connectivity index (χ3v) is 6.72. The van der Waals surface area contributed by atoms with Crippen molar-refractivity contribution in [3.05, 3.63) is 70.5 Å². The summed E-state index contributed by atoms with van der Waals surface area (Å²) >= 11 is 1.70. The molecular formula is C25H29N3O2S. The molecule has 1 aromatic heterocycles. The Hall–Kier alpha value is -2.70. The summed E-state index contributed by atoms with van der Waals surface area (Å²) in [6, 6.07) is 18.1. The standard InChI is InChI=1S/C25H29N3O2S/c1-3-22(19-7-5-4-6-8-19)25(29)28-15-13-27(14-16-28)17-24-26-23(18-31-24)20-9-11-21(30-2)12-10-20/h4-12,18,22H,3,13-17H2,1-2H3/t22-/m0/s1. The van der Waals surface area contributed by atoms with Gasteiger partial charge in [-0.15, -0.1) is 11.3 Å². The number of benzene rings is 2. The lowest BCUT2D eigenvalue weighted by Gasteiger charge is -2.36. The third-order valence-electron chi connectivity index (χ3n) is 5.89. The van der Waals surface area contributed by atoms with E-state index >= 15 is 0 Å².